The van der Waals surface area contributed by atoms with Crippen LogP contribution in [0.4, 0.5) is 0 Å². The average molecular weight is 270 g/mol. The maximum atomic E-state index is 10.4. The van der Waals surface area contributed by atoms with Crippen molar-refractivity contribution in [2.75, 3.05) is 6.61 Å². The molecule has 1 N–H and O–H groups in total. The van der Waals surface area contributed by atoms with Gasteiger partial charge in [0.2, 0.25) is 0 Å². The highest BCUT2D eigenvalue weighted by atomic mass is 16.5. The van der Waals surface area contributed by atoms with E-state index in [0.717, 1.165) is 29.7 Å². The van der Waals surface area contributed by atoms with Crippen molar-refractivity contribution in [3.05, 3.63) is 65.2 Å². The van der Waals surface area contributed by atoms with Gasteiger partial charge >= 0.3 is 0 Å². The van der Waals surface area contributed by atoms with E-state index in [-0.39, 0.29) is 0 Å². The quantitative estimate of drug-likeness (QED) is 0.855. The Morgan fingerprint density at radius 1 is 0.900 bits per heavy atom. The molecule has 0 aliphatic heterocycles. The van der Waals surface area contributed by atoms with Crippen LogP contribution in [0.5, 0.6) is 5.75 Å². The molecule has 0 fully saturated rings. The van der Waals surface area contributed by atoms with Crippen LogP contribution in [0.1, 0.15) is 43.1 Å². The molecule has 0 heterocycles. The summed E-state index contributed by atoms with van der Waals surface area (Å²) in [5, 5.41) is 10.4. The van der Waals surface area contributed by atoms with Gasteiger partial charge < -0.3 is 9.84 Å². The molecule has 0 spiro atoms. The first-order chi connectivity index (χ1) is 9.74. The summed E-state index contributed by atoms with van der Waals surface area (Å²) >= 11 is 0. The van der Waals surface area contributed by atoms with Crippen molar-refractivity contribution in [1.82, 2.24) is 0 Å². The van der Waals surface area contributed by atoms with Crippen molar-refractivity contribution in [2.24, 2.45) is 0 Å². The van der Waals surface area contributed by atoms with Gasteiger partial charge in [0, 0.05) is 0 Å². The molecule has 0 bridgehead atoms. The highest BCUT2D eigenvalue weighted by molar-refractivity contribution is 5.35. The second-order valence-electron chi connectivity index (χ2n) is 4.90. The van der Waals surface area contributed by atoms with Crippen LogP contribution in [0.2, 0.25) is 0 Å². The minimum absolute atomic E-state index is 0.582. The molecule has 2 heteroatoms. The van der Waals surface area contributed by atoms with Gasteiger partial charge in [-0.1, -0.05) is 49.7 Å². The molecule has 2 aromatic carbocycles. The standard InChI is InChI=1S/C18H22O2/c1-3-5-14-6-8-15(9-7-14)18(19)16-10-12-17(13-11-16)20-4-2/h6-13,18-19H,3-5H2,1-2H3. The van der Waals surface area contributed by atoms with Crippen LogP contribution in [0, 0.1) is 0 Å². The van der Waals surface area contributed by atoms with E-state index in [1.165, 1.54) is 5.56 Å². The van der Waals surface area contributed by atoms with Gasteiger partial charge in [-0.15, -0.1) is 0 Å². The second kappa shape index (κ2) is 7.11. The van der Waals surface area contributed by atoms with Gasteiger partial charge in [0.05, 0.1) is 6.61 Å². The summed E-state index contributed by atoms with van der Waals surface area (Å²) in [7, 11) is 0. The zero-order valence-corrected chi connectivity index (χ0v) is 12.2. The molecule has 2 nitrogen and oxygen atoms in total. The van der Waals surface area contributed by atoms with E-state index in [1.807, 2.05) is 43.3 Å². The van der Waals surface area contributed by atoms with Crippen LogP contribution >= 0.6 is 0 Å². The Labute approximate surface area is 121 Å². The third kappa shape index (κ3) is 3.61. The maximum Gasteiger partial charge on any atom is 0.119 e. The molecule has 1 atom stereocenters. The number of hydrogen-bond donors (Lipinski definition) is 1. The van der Waals surface area contributed by atoms with Gasteiger partial charge in [0.15, 0.2) is 0 Å². The van der Waals surface area contributed by atoms with Crippen LogP contribution < -0.4 is 4.74 Å². The number of aliphatic hydroxyl groups is 1. The Bertz CT molecular complexity index is 465. The SMILES string of the molecule is CCCc1ccc(C(O)c2ccc(OCC)cc2)cc1. The van der Waals surface area contributed by atoms with E-state index in [2.05, 4.69) is 19.1 Å². The number of aryl methyl sites for hydroxylation is 1. The van der Waals surface area contributed by atoms with E-state index >= 15 is 0 Å². The number of hydrogen-bond acceptors (Lipinski definition) is 2. The van der Waals surface area contributed by atoms with Crippen molar-refractivity contribution in [3.8, 4) is 5.75 Å². The van der Waals surface area contributed by atoms with Crippen LogP contribution in [0.15, 0.2) is 48.5 Å². The van der Waals surface area contributed by atoms with Gasteiger partial charge in [-0.25, -0.2) is 0 Å². The molecule has 20 heavy (non-hydrogen) atoms. The Morgan fingerprint density at radius 2 is 1.45 bits per heavy atom. The van der Waals surface area contributed by atoms with E-state index in [1.54, 1.807) is 0 Å². The Balaban J connectivity index is 2.11. The fraction of sp³-hybridized carbons (Fsp3) is 0.333. The lowest BCUT2D eigenvalue weighted by molar-refractivity contribution is 0.220. The van der Waals surface area contributed by atoms with Crippen LogP contribution in [0.25, 0.3) is 0 Å². The van der Waals surface area contributed by atoms with E-state index in [0.29, 0.717) is 6.61 Å². The average Bonchev–Trinajstić information content (AvgIpc) is 2.49. The molecular formula is C18H22O2. The van der Waals surface area contributed by atoms with Gasteiger partial charge in [-0.2, -0.15) is 0 Å². The zero-order valence-electron chi connectivity index (χ0n) is 12.2. The number of rotatable bonds is 6. The van der Waals surface area contributed by atoms with Crippen molar-refractivity contribution < 1.29 is 9.84 Å². The fourth-order valence-corrected chi connectivity index (χ4v) is 2.26. The molecule has 0 radical (unpaired) electrons. The highest BCUT2D eigenvalue weighted by Crippen LogP contribution is 2.24. The largest absolute Gasteiger partial charge is 0.494 e. The molecule has 0 saturated heterocycles. The Hall–Kier alpha value is -1.80. The van der Waals surface area contributed by atoms with E-state index < -0.39 is 6.10 Å². The van der Waals surface area contributed by atoms with Crippen molar-refractivity contribution in [3.63, 3.8) is 0 Å². The fourth-order valence-electron chi connectivity index (χ4n) is 2.26. The van der Waals surface area contributed by atoms with Gasteiger partial charge in [0.1, 0.15) is 11.9 Å². The molecular weight excluding hydrogens is 248 g/mol. The lowest BCUT2D eigenvalue weighted by Crippen LogP contribution is -2.00. The molecule has 2 rings (SSSR count). The van der Waals surface area contributed by atoms with Crippen molar-refractivity contribution >= 4 is 0 Å². The summed E-state index contributed by atoms with van der Waals surface area (Å²) in [5.41, 5.74) is 3.13. The normalized spacial score (nSPS) is 12.2. The summed E-state index contributed by atoms with van der Waals surface area (Å²) in [4.78, 5) is 0. The summed E-state index contributed by atoms with van der Waals surface area (Å²) < 4.78 is 5.41. The lowest BCUT2D eigenvalue weighted by atomic mass is 9.99. The minimum Gasteiger partial charge on any atom is -0.494 e. The first kappa shape index (κ1) is 14.6. The van der Waals surface area contributed by atoms with E-state index in [9.17, 15) is 5.11 Å². The predicted octanol–water partition coefficient (Wildman–Crippen LogP) is 4.12. The van der Waals surface area contributed by atoms with Crippen LogP contribution in [-0.4, -0.2) is 11.7 Å². The minimum atomic E-state index is -0.582. The monoisotopic (exact) mass is 270 g/mol. The molecule has 1 unspecified atom stereocenters. The van der Waals surface area contributed by atoms with Crippen molar-refractivity contribution in [2.45, 2.75) is 32.8 Å². The smallest absolute Gasteiger partial charge is 0.119 e. The molecule has 2 aromatic rings. The van der Waals surface area contributed by atoms with Gasteiger partial charge in [-0.3, -0.25) is 0 Å². The first-order valence-corrected chi connectivity index (χ1v) is 7.24. The summed E-state index contributed by atoms with van der Waals surface area (Å²) in [6.07, 6.45) is 1.64. The maximum absolute atomic E-state index is 10.4. The molecule has 0 saturated carbocycles. The number of ether oxygens (including phenoxy) is 1. The summed E-state index contributed by atoms with van der Waals surface area (Å²) in [6, 6.07) is 15.8. The topological polar surface area (TPSA) is 29.5 Å². The van der Waals surface area contributed by atoms with Crippen LogP contribution in [-0.2, 0) is 6.42 Å². The Morgan fingerprint density at radius 3 is 1.95 bits per heavy atom. The molecule has 0 amide bonds. The zero-order chi connectivity index (χ0) is 14.4. The predicted molar refractivity (Wildman–Crippen MR) is 82.1 cm³/mol. The molecule has 0 aliphatic carbocycles. The Kier molecular flexibility index (Phi) is 5.19. The van der Waals surface area contributed by atoms with Crippen LogP contribution in [0.3, 0.4) is 0 Å². The first-order valence-electron chi connectivity index (χ1n) is 7.24. The lowest BCUT2D eigenvalue weighted by Gasteiger charge is -2.13. The number of benzene rings is 2. The third-order valence-electron chi connectivity index (χ3n) is 3.34. The molecule has 0 aliphatic rings. The van der Waals surface area contributed by atoms with Gasteiger partial charge in [-0.05, 0) is 42.2 Å². The third-order valence-corrected chi connectivity index (χ3v) is 3.34. The highest BCUT2D eigenvalue weighted by Gasteiger charge is 2.10. The summed E-state index contributed by atoms with van der Waals surface area (Å²) in [5.74, 6) is 0.835. The van der Waals surface area contributed by atoms with Crippen molar-refractivity contribution in [1.29, 1.82) is 0 Å². The molecule has 0 aromatic heterocycles. The van der Waals surface area contributed by atoms with Gasteiger partial charge in [0.25, 0.3) is 0 Å². The second-order valence-corrected chi connectivity index (χ2v) is 4.90. The molecule has 106 valence electrons. The number of aliphatic hydroxyl groups excluding tert-OH is 1. The summed E-state index contributed by atoms with van der Waals surface area (Å²) in [6.45, 7) is 4.78. The van der Waals surface area contributed by atoms with E-state index in [4.69, 9.17) is 4.74 Å².